The smallest absolute Gasteiger partial charge is 0.251 e. The molecule has 0 saturated heterocycles. The largest absolute Gasteiger partial charge is 0.350 e. The molecule has 6 heteroatoms. The maximum absolute atomic E-state index is 12.5. The molecule has 0 fully saturated rings. The first-order chi connectivity index (χ1) is 17.6. The Morgan fingerprint density at radius 2 is 1.78 bits per heavy atom. The van der Waals surface area contributed by atoms with Crippen molar-refractivity contribution in [1.29, 1.82) is 0 Å². The number of carbonyl (C=O) groups is 1. The van der Waals surface area contributed by atoms with Crippen molar-refractivity contribution in [1.82, 2.24) is 15.8 Å². The summed E-state index contributed by atoms with van der Waals surface area (Å²) >= 11 is 0. The van der Waals surface area contributed by atoms with E-state index in [2.05, 4.69) is 60.2 Å². The van der Waals surface area contributed by atoms with Gasteiger partial charge in [0.15, 0.2) is 12.1 Å². The van der Waals surface area contributed by atoms with Gasteiger partial charge >= 0.3 is 0 Å². The molecule has 2 heterocycles. The molecule has 6 nitrogen and oxygen atoms in total. The summed E-state index contributed by atoms with van der Waals surface area (Å²) in [5, 5.41) is 8.30. The summed E-state index contributed by atoms with van der Waals surface area (Å²) in [6, 6.07) is 26.1. The maximum Gasteiger partial charge on any atom is 0.251 e. The predicted molar refractivity (Wildman–Crippen MR) is 146 cm³/mol. The average molecular weight is 478 g/mol. The van der Waals surface area contributed by atoms with Gasteiger partial charge in [-0.15, -0.1) is 0 Å². The van der Waals surface area contributed by atoms with Crippen molar-refractivity contribution in [3.05, 3.63) is 119 Å². The number of amidine groups is 1. The van der Waals surface area contributed by atoms with E-state index in [0.717, 1.165) is 34.6 Å². The van der Waals surface area contributed by atoms with Crippen molar-refractivity contribution in [2.24, 2.45) is 4.99 Å². The standard InChI is InChI=1S/C30H31N5O/c1-3-21(2)23-11-13-24(14-12-23)27-10-7-19-35-28(27)33-30(34-35)32-26-17-15-25(16-18-26)29(36)31-20-22-8-5-4-6-9-22/h4-19,21,30,32,34H,3,20H2,1-2H3,(H,31,36). The van der Waals surface area contributed by atoms with Crippen LogP contribution in [0.4, 0.5) is 5.69 Å². The van der Waals surface area contributed by atoms with E-state index in [1.807, 2.05) is 71.9 Å². The van der Waals surface area contributed by atoms with Crippen LogP contribution in [0.3, 0.4) is 0 Å². The second-order valence-corrected chi connectivity index (χ2v) is 9.10. The number of nitrogens with one attached hydrogen (secondary N) is 3. The number of hydrazine groups is 1. The molecule has 0 bridgehead atoms. The molecular formula is C30H31N5O. The molecule has 5 rings (SSSR count). The fourth-order valence-corrected chi connectivity index (χ4v) is 4.29. The lowest BCUT2D eigenvalue weighted by molar-refractivity contribution is 0.0951. The van der Waals surface area contributed by atoms with Crippen molar-refractivity contribution in [2.75, 3.05) is 5.32 Å². The molecule has 2 atom stereocenters. The van der Waals surface area contributed by atoms with Gasteiger partial charge in [-0.05, 0) is 65.4 Å². The van der Waals surface area contributed by atoms with Gasteiger partial charge < -0.3 is 10.6 Å². The van der Waals surface area contributed by atoms with E-state index in [1.54, 1.807) is 0 Å². The Hall–Kier alpha value is -4.16. The van der Waals surface area contributed by atoms with E-state index in [4.69, 9.17) is 4.99 Å². The predicted octanol–water partition coefficient (Wildman–Crippen LogP) is 5.66. The number of benzene rings is 3. The Balaban J connectivity index is 1.22. The van der Waals surface area contributed by atoms with Crippen molar-refractivity contribution >= 4 is 23.0 Å². The molecule has 3 aromatic carbocycles. The summed E-state index contributed by atoms with van der Waals surface area (Å²) in [6.07, 6.45) is 6.90. The van der Waals surface area contributed by atoms with E-state index in [1.165, 1.54) is 5.56 Å². The Bertz CT molecular complexity index is 1290. The van der Waals surface area contributed by atoms with E-state index < -0.39 is 0 Å². The monoisotopic (exact) mass is 477 g/mol. The molecule has 2 aliphatic rings. The average Bonchev–Trinajstić information content (AvgIpc) is 3.35. The van der Waals surface area contributed by atoms with Gasteiger partial charge in [0.05, 0.1) is 0 Å². The first kappa shape index (κ1) is 23.6. The number of nitrogens with zero attached hydrogens (tertiary/aromatic N) is 2. The van der Waals surface area contributed by atoms with Crippen LogP contribution in [0.5, 0.6) is 0 Å². The maximum atomic E-state index is 12.5. The normalized spacial score (nSPS) is 17.2. The molecule has 3 N–H and O–H groups in total. The fraction of sp³-hybridized carbons (Fsp3) is 0.200. The summed E-state index contributed by atoms with van der Waals surface area (Å²) in [4.78, 5) is 17.4. The second-order valence-electron chi connectivity index (χ2n) is 9.10. The Labute approximate surface area is 212 Å². The van der Waals surface area contributed by atoms with E-state index in [0.29, 0.717) is 18.0 Å². The molecule has 36 heavy (non-hydrogen) atoms. The highest BCUT2D eigenvalue weighted by Gasteiger charge is 2.27. The SMILES string of the molecule is CCC(C)c1ccc(C2=CC=CN3NC(Nc4ccc(C(=O)NCc5ccccc5)cc4)N=C23)cc1. The van der Waals surface area contributed by atoms with Crippen LogP contribution in [0.1, 0.15) is 53.2 Å². The van der Waals surface area contributed by atoms with Crippen LogP contribution < -0.4 is 16.1 Å². The van der Waals surface area contributed by atoms with Crippen LogP contribution in [-0.4, -0.2) is 23.0 Å². The van der Waals surface area contributed by atoms with Crippen LogP contribution in [0.15, 0.2) is 102 Å². The van der Waals surface area contributed by atoms with Gasteiger partial charge in [0.2, 0.25) is 0 Å². The van der Waals surface area contributed by atoms with Gasteiger partial charge in [0.25, 0.3) is 5.91 Å². The quantitative estimate of drug-likeness (QED) is 0.392. The van der Waals surface area contributed by atoms with Gasteiger partial charge in [-0.2, -0.15) is 5.43 Å². The number of carbonyl (C=O) groups excluding carboxylic acids is 1. The molecule has 0 aliphatic carbocycles. The number of hydrogen-bond donors (Lipinski definition) is 3. The molecule has 0 radical (unpaired) electrons. The number of allylic oxidation sites excluding steroid dienone is 2. The highest BCUT2D eigenvalue weighted by molar-refractivity contribution is 6.24. The van der Waals surface area contributed by atoms with Gasteiger partial charge in [-0.3, -0.25) is 9.80 Å². The minimum atomic E-state index is -0.316. The zero-order chi connectivity index (χ0) is 24.9. The Kier molecular flexibility index (Phi) is 6.96. The third kappa shape index (κ3) is 5.24. The van der Waals surface area contributed by atoms with E-state index in [9.17, 15) is 4.79 Å². The molecule has 1 amide bonds. The van der Waals surface area contributed by atoms with Crippen LogP contribution in [-0.2, 0) is 6.54 Å². The van der Waals surface area contributed by atoms with Crippen molar-refractivity contribution in [2.45, 2.75) is 39.0 Å². The first-order valence-corrected chi connectivity index (χ1v) is 12.4. The number of aliphatic imine (C=N–C) groups is 1. The summed E-state index contributed by atoms with van der Waals surface area (Å²) in [5.74, 6) is 1.33. The number of hydrogen-bond acceptors (Lipinski definition) is 5. The van der Waals surface area contributed by atoms with Gasteiger partial charge in [0, 0.05) is 29.6 Å². The lowest BCUT2D eigenvalue weighted by Crippen LogP contribution is -2.40. The third-order valence-corrected chi connectivity index (χ3v) is 6.63. The molecule has 182 valence electrons. The summed E-state index contributed by atoms with van der Waals surface area (Å²) in [5.41, 5.74) is 9.51. The summed E-state index contributed by atoms with van der Waals surface area (Å²) in [7, 11) is 0. The molecule has 2 unspecified atom stereocenters. The zero-order valence-electron chi connectivity index (χ0n) is 20.6. The third-order valence-electron chi connectivity index (χ3n) is 6.63. The van der Waals surface area contributed by atoms with Crippen LogP contribution in [0, 0.1) is 0 Å². The van der Waals surface area contributed by atoms with Crippen molar-refractivity contribution < 1.29 is 4.79 Å². The van der Waals surface area contributed by atoms with Crippen molar-refractivity contribution in [3.8, 4) is 0 Å². The second kappa shape index (κ2) is 10.6. The molecular weight excluding hydrogens is 446 g/mol. The Morgan fingerprint density at radius 1 is 1.03 bits per heavy atom. The lowest BCUT2D eigenvalue weighted by atomic mass is 9.95. The Morgan fingerprint density at radius 3 is 2.50 bits per heavy atom. The van der Waals surface area contributed by atoms with E-state index >= 15 is 0 Å². The summed E-state index contributed by atoms with van der Waals surface area (Å²) < 4.78 is 0. The van der Waals surface area contributed by atoms with Crippen LogP contribution >= 0.6 is 0 Å². The number of fused-ring (bicyclic) bond motifs is 1. The zero-order valence-corrected chi connectivity index (χ0v) is 20.6. The first-order valence-electron chi connectivity index (χ1n) is 12.4. The van der Waals surface area contributed by atoms with Gasteiger partial charge in [-0.1, -0.05) is 68.4 Å². The lowest BCUT2D eigenvalue weighted by Gasteiger charge is -2.22. The number of amides is 1. The molecule has 0 aromatic heterocycles. The fourth-order valence-electron chi connectivity index (χ4n) is 4.29. The molecule has 0 saturated carbocycles. The number of anilines is 1. The highest BCUT2D eigenvalue weighted by atomic mass is 16.1. The minimum absolute atomic E-state index is 0.0963. The van der Waals surface area contributed by atoms with Gasteiger partial charge in [0.1, 0.15) is 0 Å². The summed E-state index contributed by atoms with van der Waals surface area (Å²) in [6.45, 7) is 4.97. The van der Waals surface area contributed by atoms with Crippen LogP contribution in [0.2, 0.25) is 0 Å². The molecule has 0 spiro atoms. The van der Waals surface area contributed by atoms with Crippen molar-refractivity contribution in [3.63, 3.8) is 0 Å². The molecule has 2 aliphatic heterocycles. The number of rotatable bonds is 8. The molecule has 3 aromatic rings. The van der Waals surface area contributed by atoms with Crippen LogP contribution in [0.25, 0.3) is 5.57 Å². The highest BCUT2D eigenvalue weighted by Crippen LogP contribution is 2.27. The van der Waals surface area contributed by atoms with Gasteiger partial charge in [-0.25, -0.2) is 4.99 Å². The minimum Gasteiger partial charge on any atom is -0.350 e. The van der Waals surface area contributed by atoms with E-state index in [-0.39, 0.29) is 12.2 Å². The topological polar surface area (TPSA) is 68.8 Å².